The van der Waals surface area contributed by atoms with Crippen LogP contribution in [-0.4, -0.2) is 7.11 Å². The zero-order valence-corrected chi connectivity index (χ0v) is 10.9. The predicted octanol–water partition coefficient (Wildman–Crippen LogP) is 4.08. The van der Waals surface area contributed by atoms with Crippen molar-refractivity contribution in [1.82, 2.24) is 0 Å². The fourth-order valence-electron chi connectivity index (χ4n) is 1.41. The van der Waals surface area contributed by atoms with Crippen molar-refractivity contribution in [3.63, 3.8) is 0 Å². The third-order valence-electron chi connectivity index (χ3n) is 2.25. The Hall–Kier alpha value is -1.32. The smallest absolute Gasteiger partial charge is 0.134 e. The Morgan fingerprint density at radius 1 is 1.18 bits per heavy atom. The van der Waals surface area contributed by atoms with Gasteiger partial charge < -0.3 is 10.5 Å². The highest BCUT2D eigenvalue weighted by Gasteiger charge is 2.08. The van der Waals surface area contributed by atoms with Crippen LogP contribution in [0.4, 0.5) is 5.69 Å². The van der Waals surface area contributed by atoms with Gasteiger partial charge >= 0.3 is 0 Å². The van der Waals surface area contributed by atoms with Gasteiger partial charge in [0.2, 0.25) is 0 Å². The molecule has 4 heteroatoms. The number of ether oxygens (including phenoxy) is 1. The molecule has 88 valence electrons. The summed E-state index contributed by atoms with van der Waals surface area (Å²) in [5.41, 5.74) is 6.27. The second kappa shape index (κ2) is 5.34. The Kier molecular flexibility index (Phi) is 3.82. The first-order valence-electron chi connectivity index (χ1n) is 5.06. The van der Waals surface area contributed by atoms with Crippen molar-refractivity contribution >= 4 is 29.1 Å². The fraction of sp³-hybridized carbons (Fsp3) is 0.0769. The topological polar surface area (TPSA) is 35.2 Å². The normalized spacial score (nSPS) is 10.2. The molecule has 0 radical (unpaired) electrons. The first-order valence-corrected chi connectivity index (χ1v) is 6.26. The summed E-state index contributed by atoms with van der Waals surface area (Å²) in [5, 5.41) is 0.546. The molecule has 0 saturated heterocycles. The number of hydrogen-bond acceptors (Lipinski definition) is 3. The van der Waals surface area contributed by atoms with Crippen LogP contribution < -0.4 is 10.5 Å². The van der Waals surface area contributed by atoms with Gasteiger partial charge in [-0.3, -0.25) is 0 Å². The highest BCUT2D eigenvalue weighted by Crippen LogP contribution is 2.38. The molecule has 0 aliphatic rings. The van der Waals surface area contributed by atoms with Crippen molar-refractivity contribution in [1.29, 1.82) is 0 Å². The molecule has 0 aliphatic carbocycles. The van der Waals surface area contributed by atoms with Gasteiger partial charge in [0.15, 0.2) is 0 Å². The predicted molar refractivity (Wildman–Crippen MR) is 73.0 cm³/mol. The molecule has 2 aromatic rings. The minimum absolute atomic E-state index is 0.529. The second-order valence-corrected chi connectivity index (χ2v) is 4.96. The summed E-state index contributed by atoms with van der Waals surface area (Å²) in [6, 6.07) is 13.6. The summed E-state index contributed by atoms with van der Waals surface area (Å²) in [7, 11) is 1.62. The summed E-state index contributed by atoms with van der Waals surface area (Å²) in [6.45, 7) is 0. The molecular weight excluding hydrogens is 254 g/mol. The summed E-state index contributed by atoms with van der Waals surface area (Å²) < 4.78 is 5.29. The van der Waals surface area contributed by atoms with Gasteiger partial charge in [-0.05, 0) is 18.2 Å². The number of methoxy groups -OCH3 is 1. The molecule has 0 saturated carbocycles. The van der Waals surface area contributed by atoms with Crippen molar-refractivity contribution in [3.8, 4) is 5.75 Å². The van der Waals surface area contributed by atoms with Crippen LogP contribution in [0.25, 0.3) is 0 Å². The maximum atomic E-state index is 6.02. The zero-order valence-electron chi connectivity index (χ0n) is 9.31. The molecule has 2 rings (SSSR count). The third kappa shape index (κ3) is 2.87. The van der Waals surface area contributed by atoms with E-state index in [0.717, 1.165) is 15.5 Å². The molecule has 0 unspecified atom stereocenters. The quantitative estimate of drug-likeness (QED) is 0.850. The summed E-state index contributed by atoms with van der Waals surface area (Å²) in [6.07, 6.45) is 0. The van der Waals surface area contributed by atoms with Crippen molar-refractivity contribution in [2.24, 2.45) is 0 Å². The van der Waals surface area contributed by atoms with Gasteiger partial charge in [0.1, 0.15) is 5.75 Å². The summed E-state index contributed by atoms with van der Waals surface area (Å²) >= 11 is 7.61. The molecule has 17 heavy (non-hydrogen) atoms. The zero-order chi connectivity index (χ0) is 12.3. The van der Waals surface area contributed by atoms with Gasteiger partial charge in [-0.15, -0.1) is 0 Å². The lowest BCUT2D eigenvalue weighted by Gasteiger charge is -2.10. The van der Waals surface area contributed by atoms with Gasteiger partial charge in [-0.25, -0.2) is 0 Å². The first kappa shape index (κ1) is 12.1. The molecular formula is C13H12ClNOS. The van der Waals surface area contributed by atoms with E-state index in [1.165, 1.54) is 0 Å². The van der Waals surface area contributed by atoms with Gasteiger partial charge in [0, 0.05) is 11.0 Å². The van der Waals surface area contributed by atoms with Crippen LogP contribution in [0.3, 0.4) is 0 Å². The van der Waals surface area contributed by atoms with Gasteiger partial charge in [0.25, 0.3) is 0 Å². The Morgan fingerprint density at radius 2 is 1.88 bits per heavy atom. The monoisotopic (exact) mass is 265 g/mol. The molecule has 0 aromatic heterocycles. The van der Waals surface area contributed by atoms with Gasteiger partial charge in [-0.1, -0.05) is 41.6 Å². The lowest BCUT2D eigenvalue weighted by molar-refractivity contribution is 0.405. The van der Waals surface area contributed by atoms with E-state index in [4.69, 9.17) is 22.1 Å². The van der Waals surface area contributed by atoms with E-state index in [-0.39, 0.29) is 0 Å². The van der Waals surface area contributed by atoms with Crippen molar-refractivity contribution in [3.05, 3.63) is 47.5 Å². The van der Waals surface area contributed by atoms with Crippen LogP contribution in [0.2, 0.25) is 5.02 Å². The molecule has 0 amide bonds. The average molecular weight is 266 g/mol. The van der Waals surface area contributed by atoms with Crippen LogP contribution in [0.15, 0.2) is 52.3 Å². The van der Waals surface area contributed by atoms with E-state index in [9.17, 15) is 0 Å². The van der Waals surface area contributed by atoms with Crippen LogP contribution in [-0.2, 0) is 0 Å². The minimum Gasteiger partial charge on any atom is -0.495 e. The van der Waals surface area contributed by atoms with Crippen molar-refractivity contribution < 1.29 is 4.74 Å². The Morgan fingerprint density at radius 3 is 2.53 bits per heavy atom. The molecule has 2 aromatic carbocycles. The lowest BCUT2D eigenvalue weighted by atomic mass is 10.3. The number of rotatable bonds is 3. The van der Waals surface area contributed by atoms with Crippen molar-refractivity contribution in [2.45, 2.75) is 9.79 Å². The van der Waals surface area contributed by atoms with E-state index in [0.29, 0.717) is 10.7 Å². The Bertz CT molecular complexity index is 516. The molecule has 0 aliphatic heterocycles. The van der Waals surface area contributed by atoms with Crippen LogP contribution in [0.5, 0.6) is 5.75 Å². The molecule has 0 fully saturated rings. The SMILES string of the molecule is COc1cc(N)c(Cl)cc1Sc1ccccc1. The number of anilines is 1. The molecule has 2 nitrogen and oxygen atoms in total. The van der Waals surface area contributed by atoms with E-state index in [1.54, 1.807) is 24.9 Å². The molecule has 2 N–H and O–H groups in total. The van der Waals surface area contributed by atoms with Crippen molar-refractivity contribution in [2.75, 3.05) is 12.8 Å². The third-order valence-corrected chi connectivity index (χ3v) is 3.63. The Labute approximate surface area is 110 Å². The maximum Gasteiger partial charge on any atom is 0.134 e. The van der Waals surface area contributed by atoms with Crippen LogP contribution in [0, 0.1) is 0 Å². The number of nitrogens with two attached hydrogens (primary N) is 1. The van der Waals surface area contributed by atoms with E-state index in [1.807, 2.05) is 36.4 Å². The highest BCUT2D eigenvalue weighted by atomic mass is 35.5. The number of halogens is 1. The van der Waals surface area contributed by atoms with E-state index < -0.39 is 0 Å². The van der Waals surface area contributed by atoms with Crippen LogP contribution >= 0.6 is 23.4 Å². The molecule has 0 bridgehead atoms. The van der Waals surface area contributed by atoms with Gasteiger partial charge in [-0.2, -0.15) is 0 Å². The molecule has 0 atom stereocenters. The van der Waals surface area contributed by atoms with E-state index >= 15 is 0 Å². The fourth-order valence-corrected chi connectivity index (χ4v) is 2.60. The highest BCUT2D eigenvalue weighted by molar-refractivity contribution is 7.99. The number of benzene rings is 2. The molecule has 0 heterocycles. The van der Waals surface area contributed by atoms with Gasteiger partial charge in [0.05, 0.1) is 22.7 Å². The maximum absolute atomic E-state index is 6.02. The first-order chi connectivity index (χ1) is 8.20. The second-order valence-electron chi connectivity index (χ2n) is 3.44. The summed E-state index contributed by atoms with van der Waals surface area (Å²) in [4.78, 5) is 2.09. The number of hydrogen-bond donors (Lipinski definition) is 1. The Balaban J connectivity index is 2.35. The molecule has 0 spiro atoms. The number of nitrogen functional groups attached to an aromatic ring is 1. The van der Waals surface area contributed by atoms with E-state index in [2.05, 4.69) is 0 Å². The average Bonchev–Trinajstić information content (AvgIpc) is 2.35. The summed E-state index contributed by atoms with van der Waals surface area (Å²) in [5.74, 6) is 0.737. The minimum atomic E-state index is 0.529. The largest absolute Gasteiger partial charge is 0.495 e. The van der Waals surface area contributed by atoms with Crippen LogP contribution in [0.1, 0.15) is 0 Å². The standard InChI is InChI=1S/C13H12ClNOS/c1-16-12-8-11(15)10(14)7-13(12)17-9-5-3-2-4-6-9/h2-8H,15H2,1H3. The lowest BCUT2D eigenvalue weighted by Crippen LogP contribution is -1.91.